The van der Waals surface area contributed by atoms with Gasteiger partial charge in [-0.25, -0.2) is 0 Å². The fourth-order valence-corrected chi connectivity index (χ4v) is 1.24. The summed E-state index contributed by atoms with van der Waals surface area (Å²) in [6.07, 6.45) is 0.889. The van der Waals surface area contributed by atoms with E-state index in [1.165, 1.54) is 7.11 Å². The van der Waals surface area contributed by atoms with Gasteiger partial charge in [0.2, 0.25) is 0 Å². The second-order valence-electron chi connectivity index (χ2n) is 2.98. The molecular weight excluding hydrogens is 130 g/mol. The fraction of sp³-hybridized carbons (Fsp3) is 0.857. The highest BCUT2D eigenvalue weighted by Gasteiger charge is 2.37. The van der Waals surface area contributed by atoms with Crippen LogP contribution in [0.2, 0.25) is 0 Å². The molecule has 1 rings (SSSR count). The molecule has 1 saturated heterocycles. The van der Waals surface area contributed by atoms with E-state index in [0.717, 1.165) is 19.5 Å². The molecule has 3 heteroatoms. The van der Waals surface area contributed by atoms with E-state index in [9.17, 15) is 4.79 Å². The molecule has 3 nitrogen and oxygen atoms in total. The lowest BCUT2D eigenvalue weighted by atomic mass is 9.90. The Labute approximate surface area is 60.7 Å². The molecule has 0 aliphatic carbocycles. The normalized spacial score (nSPS) is 32.2. The zero-order valence-corrected chi connectivity index (χ0v) is 6.44. The average molecular weight is 143 g/mol. The Morgan fingerprint density at radius 2 is 2.40 bits per heavy atom. The standard InChI is InChI=1S/C7H13NO2/c1-7(6(9)10-2)3-4-8-5-7/h8H,3-5H2,1-2H3/t7-/m0/s1. The highest BCUT2D eigenvalue weighted by molar-refractivity contribution is 5.76. The van der Waals surface area contributed by atoms with Gasteiger partial charge in [0.15, 0.2) is 0 Å². The summed E-state index contributed by atoms with van der Waals surface area (Å²) < 4.78 is 4.66. The number of carbonyl (C=O) groups is 1. The minimum absolute atomic E-state index is 0.0995. The van der Waals surface area contributed by atoms with E-state index in [2.05, 4.69) is 10.1 Å². The minimum atomic E-state index is -0.269. The molecule has 0 spiro atoms. The van der Waals surface area contributed by atoms with Crippen molar-refractivity contribution in [3.05, 3.63) is 0 Å². The Balaban J connectivity index is 2.58. The van der Waals surface area contributed by atoms with Gasteiger partial charge >= 0.3 is 5.97 Å². The van der Waals surface area contributed by atoms with E-state index in [0.29, 0.717) is 0 Å². The van der Waals surface area contributed by atoms with Gasteiger partial charge in [0, 0.05) is 6.54 Å². The van der Waals surface area contributed by atoms with E-state index in [1.54, 1.807) is 0 Å². The van der Waals surface area contributed by atoms with Crippen molar-refractivity contribution in [1.29, 1.82) is 0 Å². The summed E-state index contributed by atoms with van der Waals surface area (Å²) in [5.74, 6) is -0.0995. The molecule has 1 heterocycles. The highest BCUT2D eigenvalue weighted by atomic mass is 16.5. The molecule has 1 fully saturated rings. The third-order valence-corrected chi connectivity index (χ3v) is 2.05. The van der Waals surface area contributed by atoms with E-state index in [1.807, 2.05) is 6.92 Å². The maximum absolute atomic E-state index is 11.1. The Kier molecular flexibility index (Phi) is 1.94. The van der Waals surface area contributed by atoms with Crippen LogP contribution < -0.4 is 5.32 Å². The minimum Gasteiger partial charge on any atom is -0.469 e. The molecule has 0 bridgehead atoms. The van der Waals surface area contributed by atoms with Crippen LogP contribution in [0.25, 0.3) is 0 Å². The van der Waals surface area contributed by atoms with Crippen LogP contribution in [-0.4, -0.2) is 26.2 Å². The monoisotopic (exact) mass is 143 g/mol. The van der Waals surface area contributed by atoms with Crippen molar-refractivity contribution >= 4 is 5.97 Å². The summed E-state index contributed by atoms with van der Waals surface area (Å²) in [5.41, 5.74) is -0.269. The number of esters is 1. The van der Waals surface area contributed by atoms with E-state index >= 15 is 0 Å². The van der Waals surface area contributed by atoms with Crippen molar-refractivity contribution in [3.63, 3.8) is 0 Å². The largest absolute Gasteiger partial charge is 0.469 e. The molecule has 1 aliphatic heterocycles. The first-order chi connectivity index (χ1) is 4.69. The quantitative estimate of drug-likeness (QED) is 0.531. The molecule has 1 atom stereocenters. The van der Waals surface area contributed by atoms with Crippen LogP contribution >= 0.6 is 0 Å². The van der Waals surface area contributed by atoms with Gasteiger partial charge in [0.1, 0.15) is 0 Å². The van der Waals surface area contributed by atoms with Crippen molar-refractivity contribution in [2.75, 3.05) is 20.2 Å². The number of ether oxygens (including phenoxy) is 1. The van der Waals surface area contributed by atoms with Crippen LogP contribution in [0.3, 0.4) is 0 Å². The lowest BCUT2D eigenvalue weighted by molar-refractivity contribution is -0.150. The van der Waals surface area contributed by atoms with Crippen LogP contribution in [-0.2, 0) is 9.53 Å². The third kappa shape index (κ3) is 1.14. The van der Waals surface area contributed by atoms with Crippen LogP contribution in [0.15, 0.2) is 0 Å². The summed E-state index contributed by atoms with van der Waals surface area (Å²) in [6.45, 7) is 3.60. The summed E-state index contributed by atoms with van der Waals surface area (Å²) in [7, 11) is 1.44. The van der Waals surface area contributed by atoms with Crippen molar-refractivity contribution in [1.82, 2.24) is 5.32 Å². The Hall–Kier alpha value is -0.570. The van der Waals surface area contributed by atoms with Crippen LogP contribution in [0.5, 0.6) is 0 Å². The zero-order valence-electron chi connectivity index (χ0n) is 6.44. The fourth-order valence-electron chi connectivity index (χ4n) is 1.24. The summed E-state index contributed by atoms with van der Waals surface area (Å²) >= 11 is 0. The van der Waals surface area contributed by atoms with Gasteiger partial charge in [-0.15, -0.1) is 0 Å². The number of hydrogen-bond acceptors (Lipinski definition) is 3. The van der Waals surface area contributed by atoms with Gasteiger partial charge < -0.3 is 10.1 Å². The molecule has 1 aliphatic rings. The molecular formula is C7H13NO2. The Morgan fingerprint density at radius 1 is 1.70 bits per heavy atom. The molecule has 0 aromatic carbocycles. The summed E-state index contributed by atoms with van der Waals surface area (Å²) in [4.78, 5) is 11.1. The Morgan fingerprint density at radius 3 is 2.80 bits per heavy atom. The third-order valence-electron chi connectivity index (χ3n) is 2.05. The predicted molar refractivity (Wildman–Crippen MR) is 37.6 cm³/mol. The SMILES string of the molecule is COC(=O)[C@@]1(C)CCNC1. The number of nitrogens with one attached hydrogen (secondary N) is 1. The smallest absolute Gasteiger partial charge is 0.312 e. The van der Waals surface area contributed by atoms with Gasteiger partial charge in [-0.3, -0.25) is 4.79 Å². The molecule has 0 aromatic rings. The van der Waals surface area contributed by atoms with Crippen LogP contribution in [0.1, 0.15) is 13.3 Å². The summed E-state index contributed by atoms with van der Waals surface area (Å²) in [5, 5.41) is 3.13. The van der Waals surface area contributed by atoms with Crippen LogP contribution in [0, 0.1) is 5.41 Å². The lowest BCUT2D eigenvalue weighted by Crippen LogP contribution is -2.31. The van der Waals surface area contributed by atoms with Gasteiger partial charge in [0.05, 0.1) is 12.5 Å². The van der Waals surface area contributed by atoms with Crippen molar-refractivity contribution in [3.8, 4) is 0 Å². The maximum atomic E-state index is 11.1. The molecule has 58 valence electrons. The summed E-state index contributed by atoms with van der Waals surface area (Å²) in [6, 6.07) is 0. The second-order valence-corrected chi connectivity index (χ2v) is 2.98. The van der Waals surface area contributed by atoms with Gasteiger partial charge in [-0.1, -0.05) is 0 Å². The molecule has 0 radical (unpaired) electrons. The topological polar surface area (TPSA) is 38.3 Å². The second kappa shape index (κ2) is 2.58. The van der Waals surface area contributed by atoms with Gasteiger partial charge in [-0.2, -0.15) is 0 Å². The molecule has 0 unspecified atom stereocenters. The maximum Gasteiger partial charge on any atom is 0.312 e. The van der Waals surface area contributed by atoms with E-state index in [-0.39, 0.29) is 11.4 Å². The Bertz CT molecular complexity index is 139. The average Bonchev–Trinajstić information content (AvgIpc) is 2.36. The molecule has 0 aromatic heterocycles. The molecule has 0 saturated carbocycles. The van der Waals surface area contributed by atoms with E-state index < -0.39 is 0 Å². The van der Waals surface area contributed by atoms with Crippen molar-refractivity contribution in [2.24, 2.45) is 5.41 Å². The predicted octanol–water partition coefficient (Wildman–Crippen LogP) is 0.159. The zero-order chi connectivity index (χ0) is 7.61. The first-order valence-electron chi connectivity index (χ1n) is 3.48. The van der Waals surface area contributed by atoms with Crippen LogP contribution in [0.4, 0.5) is 0 Å². The molecule has 1 N–H and O–H groups in total. The highest BCUT2D eigenvalue weighted by Crippen LogP contribution is 2.25. The lowest BCUT2D eigenvalue weighted by Gasteiger charge is -2.18. The molecule has 10 heavy (non-hydrogen) atoms. The van der Waals surface area contributed by atoms with Gasteiger partial charge in [-0.05, 0) is 19.9 Å². The number of rotatable bonds is 1. The van der Waals surface area contributed by atoms with E-state index in [4.69, 9.17) is 0 Å². The van der Waals surface area contributed by atoms with Crippen molar-refractivity contribution in [2.45, 2.75) is 13.3 Å². The number of methoxy groups -OCH3 is 1. The first kappa shape index (κ1) is 7.54. The van der Waals surface area contributed by atoms with Crippen molar-refractivity contribution < 1.29 is 9.53 Å². The number of carbonyl (C=O) groups excluding carboxylic acids is 1. The number of hydrogen-bond donors (Lipinski definition) is 1. The first-order valence-corrected chi connectivity index (χ1v) is 3.48. The molecule has 0 amide bonds. The van der Waals surface area contributed by atoms with Gasteiger partial charge in [0.25, 0.3) is 0 Å².